The van der Waals surface area contributed by atoms with Crippen molar-refractivity contribution in [2.75, 3.05) is 32.8 Å². The molecule has 59 heavy (non-hydrogen) atoms. The number of nitrogens with zero attached hydrogens (tertiary/aromatic N) is 4. The van der Waals surface area contributed by atoms with Crippen molar-refractivity contribution in [3.8, 4) is 0 Å². The van der Waals surface area contributed by atoms with Crippen LogP contribution in [0.5, 0.6) is 0 Å². The molecule has 3 fully saturated rings. The van der Waals surface area contributed by atoms with Crippen molar-refractivity contribution in [1.82, 2.24) is 36.0 Å². The van der Waals surface area contributed by atoms with Gasteiger partial charge in [0.05, 0.1) is 12.6 Å². The van der Waals surface area contributed by atoms with E-state index >= 15 is 0 Å². The number of carbonyl (C=O) groups excluding carboxylic acids is 8. The van der Waals surface area contributed by atoms with E-state index in [1.165, 1.54) is 28.5 Å². The van der Waals surface area contributed by atoms with Gasteiger partial charge < -0.3 is 63.1 Å². The summed E-state index contributed by atoms with van der Waals surface area (Å²) in [5.41, 5.74) is 17.4. The number of guanidine groups is 1. The Bertz CT molecular complexity index is 1710. The second-order valence-electron chi connectivity index (χ2n) is 15.3. The lowest BCUT2D eigenvalue weighted by molar-refractivity contribution is -0.148. The molecule has 3 heterocycles. The Morgan fingerprint density at radius 2 is 1.34 bits per heavy atom. The molecule has 7 amide bonds. The summed E-state index contributed by atoms with van der Waals surface area (Å²) in [6.45, 7) is 3.25. The van der Waals surface area contributed by atoms with Crippen molar-refractivity contribution < 1.29 is 43.5 Å². The number of benzene rings is 1. The normalized spacial score (nSPS) is 21.4. The van der Waals surface area contributed by atoms with Crippen LogP contribution in [0.1, 0.15) is 70.8 Å². The van der Waals surface area contributed by atoms with Gasteiger partial charge in [0.2, 0.25) is 41.4 Å². The van der Waals surface area contributed by atoms with Crippen molar-refractivity contribution in [2.24, 2.45) is 22.2 Å². The number of nitrogens with two attached hydrogens (primary N) is 3. The minimum atomic E-state index is -1.17. The fourth-order valence-electron chi connectivity index (χ4n) is 7.70. The highest BCUT2D eigenvalue weighted by atomic mass is 16.3. The average Bonchev–Trinajstić information content (AvgIpc) is 4.02. The molecule has 1 aromatic carbocycles. The average molecular weight is 826 g/mol. The Balaban J connectivity index is 1.49. The van der Waals surface area contributed by atoms with Gasteiger partial charge in [0, 0.05) is 32.6 Å². The minimum absolute atomic E-state index is 0.0766. The number of likely N-dealkylation sites (tertiary alicyclic amines) is 3. The lowest BCUT2D eigenvalue weighted by Gasteiger charge is -2.34. The first-order chi connectivity index (χ1) is 28.2. The van der Waals surface area contributed by atoms with Crippen LogP contribution in [0.3, 0.4) is 0 Å². The lowest BCUT2D eigenvalue weighted by Crippen LogP contribution is -2.59. The van der Waals surface area contributed by atoms with Crippen LogP contribution in [0.15, 0.2) is 35.3 Å². The van der Waals surface area contributed by atoms with Crippen LogP contribution in [0.2, 0.25) is 0 Å². The van der Waals surface area contributed by atoms with Crippen LogP contribution in [-0.4, -0.2) is 155 Å². The molecule has 0 aliphatic carbocycles. The molecule has 0 saturated carbocycles. The maximum Gasteiger partial charge on any atom is 0.246 e. The highest BCUT2D eigenvalue weighted by Crippen LogP contribution is 2.27. The Morgan fingerprint density at radius 1 is 0.780 bits per heavy atom. The quantitative estimate of drug-likeness (QED) is 0.0296. The smallest absolute Gasteiger partial charge is 0.246 e. The molecule has 8 atom stereocenters. The molecule has 324 valence electrons. The van der Waals surface area contributed by atoms with Crippen LogP contribution in [0.25, 0.3) is 0 Å². The summed E-state index contributed by atoms with van der Waals surface area (Å²) in [6, 6.07) is 0.914. The predicted octanol–water partition coefficient (Wildman–Crippen LogP) is -3.25. The molecule has 3 aliphatic heterocycles. The Labute approximate surface area is 343 Å². The van der Waals surface area contributed by atoms with E-state index in [1.54, 1.807) is 30.3 Å². The number of aliphatic hydroxyl groups excluding tert-OH is 1. The molecule has 0 aromatic heterocycles. The molecule has 0 radical (unpaired) electrons. The summed E-state index contributed by atoms with van der Waals surface area (Å²) in [5.74, 6) is -3.91. The first kappa shape index (κ1) is 46.1. The first-order valence-electron chi connectivity index (χ1n) is 20.2. The summed E-state index contributed by atoms with van der Waals surface area (Å²) in [5, 5.41) is 20.1. The summed E-state index contributed by atoms with van der Waals surface area (Å²) >= 11 is 0. The van der Waals surface area contributed by atoms with E-state index in [-0.39, 0.29) is 45.0 Å². The molecule has 0 spiro atoms. The van der Waals surface area contributed by atoms with Gasteiger partial charge in [-0.15, -0.1) is 0 Å². The van der Waals surface area contributed by atoms with Gasteiger partial charge in [0.1, 0.15) is 48.6 Å². The zero-order valence-electron chi connectivity index (χ0n) is 33.7. The zero-order valence-corrected chi connectivity index (χ0v) is 33.7. The highest BCUT2D eigenvalue weighted by Gasteiger charge is 2.45. The molecule has 1 aromatic rings. The fraction of sp³-hybridized carbons (Fsp3) is 0.615. The number of nitrogens with one attached hydrogen (secondary N) is 4. The van der Waals surface area contributed by atoms with E-state index in [0.717, 1.165) is 5.56 Å². The largest absolute Gasteiger partial charge is 0.394 e. The van der Waals surface area contributed by atoms with E-state index in [0.29, 0.717) is 51.2 Å². The monoisotopic (exact) mass is 825 g/mol. The lowest BCUT2D eigenvalue weighted by atomic mass is 10.0. The van der Waals surface area contributed by atoms with Gasteiger partial charge in [-0.3, -0.25) is 38.6 Å². The van der Waals surface area contributed by atoms with Crippen molar-refractivity contribution in [3.63, 3.8) is 0 Å². The van der Waals surface area contributed by atoms with Crippen molar-refractivity contribution in [2.45, 2.75) is 120 Å². The number of aldehydes is 1. The van der Waals surface area contributed by atoms with Crippen LogP contribution in [-0.2, 0) is 44.8 Å². The molecule has 3 aliphatic rings. The maximum atomic E-state index is 14.4. The van der Waals surface area contributed by atoms with Gasteiger partial charge in [-0.05, 0) is 70.8 Å². The highest BCUT2D eigenvalue weighted by molar-refractivity contribution is 5.98. The molecule has 3 saturated heterocycles. The second kappa shape index (κ2) is 21.9. The summed E-state index contributed by atoms with van der Waals surface area (Å²) < 4.78 is 0. The summed E-state index contributed by atoms with van der Waals surface area (Å²) in [4.78, 5) is 115. The number of amides is 7. The molecule has 4 rings (SSSR count). The zero-order chi connectivity index (χ0) is 43.2. The van der Waals surface area contributed by atoms with Gasteiger partial charge in [0.25, 0.3) is 0 Å². The van der Waals surface area contributed by atoms with Crippen LogP contribution >= 0.6 is 0 Å². The van der Waals surface area contributed by atoms with E-state index in [1.807, 2.05) is 0 Å². The molecule has 0 unspecified atom stereocenters. The van der Waals surface area contributed by atoms with E-state index in [2.05, 4.69) is 26.3 Å². The van der Waals surface area contributed by atoms with Gasteiger partial charge in [-0.2, -0.15) is 0 Å². The Kier molecular flexibility index (Phi) is 17.1. The number of carbonyl (C=O) groups is 8. The van der Waals surface area contributed by atoms with E-state index in [9.17, 15) is 43.5 Å². The molecule has 0 bridgehead atoms. The minimum Gasteiger partial charge on any atom is -0.394 e. The summed E-state index contributed by atoms with van der Waals surface area (Å²) in [6.07, 6.45) is 3.33. The third-order valence-electron chi connectivity index (χ3n) is 10.8. The van der Waals surface area contributed by atoms with Gasteiger partial charge in [0.15, 0.2) is 5.96 Å². The summed E-state index contributed by atoms with van der Waals surface area (Å²) in [7, 11) is 0. The SMILES string of the molecule is C[C@H](N)C(=O)N[C@@H](C)C(=O)N1CCC[C@H]1C(=O)N[C@@H](CCCN=C(N)N)C(=O)N1CCC[C@H]1C(=O)N1CCC[C@H]1C(=O)N[C@@H](Cc1ccccc1)C(=O)N[C@H](C=O)CO. The number of hydrogen-bond acceptors (Lipinski definition) is 11. The van der Waals surface area contributed by atoms with Crippen LogP contribution < -0.4 is 38.5 Å². The number of aliphatic imine (C=N–C) groups is 1. The fourth-order valence-corrected chi connectivity index (χ4v) is 7.70. The second-order valence-corrected chi connectivity index (χ2v) is 15.3. The van der Waals surface area contributed by atoms with Crippen molar-refractivity contribution in [3.05, 3.63) is 35.9 Å². The molecule has 20 nitrogen and oxygen atoms in total. The number of rotatable bonds is 19. The topological polar surface area (TPSA) is 305 Å². The van der Waals surface area contributed by atoms with Gasteiger partial charge in [-0.1, -0.05) is 30.3 Å². The standard InChI is InChI=1S/C39H59N11O9/c1-23(40)32(53)44-24(2)36(57)48-17-7-13-29(48)34(55)46-27(12-6-16-43-39(41)42)37(58)50-19-9-15-31(50)38(59)49-18-8-14-30(49)35(56)47-28(20-25-10-4-3-5-11-25)33(54)45-26(21-51)22-52/h3-5,10-11,21,23-24,26-31,52H,6-9,12-20,22,40H2,1-2H3,(H,44,53)(H,45,54)(H,46,55)(H,47,56)(H4,41,42,43)/t23-,24-,26+,27-,28-,29-,30-,31-/m0/s1. The molecule has 20 heteroatoms. The van der Waals surface area contributed by atoms with Crippen LogP contribution in [0, 0.1) is 0 Å². The van der Waals surface area contributed by atoms with Gasteiger partial charge >= 0.3 is 0 Å². The van der Waals surface area contributed by atoms with Crippen molar-refractivity contribution >= 4 is 53.6 Å². The molecular formula is C39H59N11O9. The molecule has 11 N–H and O–H groups in total. The van der Waals surface area contributed by atoms with Crippen LogP contribution in [0.4, 0.5) is 0 Å². The number of hydrogen-bond donors (Lipinski definition) is 8. The van der Waals surface area contributed by atoms with Crippen molar-refractivity contribution in [1.29, 1.82) is 0 Å². The predicted molar refractivity (Wildman–Crippen MR) is 214 cm³/mol. The van der Waals surface area contributed by atoms with Gasteiger partial charge in [-0.25, -0.2) is 0 Å². The number of aliphatic hydroxyl groups is 1. The first-order valence-corrected chi connectivity index (χ1v) is 20.2. The maximum absolute atomic E-state index is 14.4. The van der Waals surface area contributed by atoms with E-state index in [4.69, 9.17) is 17.2 Å². The van der Waals surface area contributed by atoms with E-state index < -0.39 is 96.3 Å². The Morgan fingerprint density at radius 3 is 1.92 bits per heavy atom. The third-order valence-corrected chi connectivity index (χ3v) is 10.8. The third kappa shape index (κ3) is 12.4. The Hall–Kier alpha value is -5.63. The molecular weight excluding hydrogens is 766 g/mol.